The van der Waals surface area contributed by atoms with Gasteiger partial charge in [0.1, 0.15) is 11.9 Å². The molecule has 0 saturated carbocycles. The van der Waals surface area contributed by atoms with E-state index in [0.717, 1.165) is 11.1 Å². The van der Waals surface area contributed by atoms with Crippen LogP contribution in [0.2, 0.25) is 5.04 Å². The number of methoxy groups -OCH3 is 1. The van der Waals surface area contributed by atoms with Crippen LogP contribution in [-0.2, 0) is 13.9 Å². The molecule has 0 fully saturated rings. The average molecular weight is 557 g/mol. The van der Waals surface area contributed by atoms with E-state index >= 15 is 0 Å². The number of rotatable bonds is 10. The average Bonchev–Trinajstić information content (AvgIpc) is 2.96. The summed E-state index contributed by atoms with van der Waals surface area (Å²) >= 11 is 0. The van der Waals surface area contributed by atoms with Crippen LogP contribution in [0.15, 0.2) is 109 Å². The monoisotopic (exact) mass is 556 g/mol. The van der Waals surface area contributed by atoms with E-state index in [1.54, 1.807) is 31.4 Å². The van der Waals surface area contributed by atoms with E-state index in [1.807, 2.05) is 25.1 Å². The second kappa shape index (κ2) is 12.8. The van der Waals surface area contributed by atoms with Crippen LogP contribution in [0.1, 0.15) is 44.5 Å². The molecule has 5 nitrogen and oxygen atoms in total. The molecule has 1 aliphatic heterocycles. The molecule has 210 valence electrons. The van der Waals surface area contributed by atoms with Gasteiger partial charge in [0, 0.05) is 0 Å². The lowest BCUT2D eigenvalue weighted by Gasteiger charge is -2.44. The molecule has 4 rings (SSSR count). The Morgan fingerprint density at radius 2 is 1.55 bits per heavy atom. The van der Waals surface area contributed by atoms with Crippen molar-refractivity contribution in [3.8, 4) is 5.75 Å². The van der Waals surface area contributed by atoms with Gasteiger partial charge in [-0.15, -0.1) is 6.58 Å². The third kappa shape index (κ3) is 6.14. The molecule has 1 aliphatic rings. The second-order valence-corrected chi connectivity index (χ2v) is 15.5. The summed E-state index contributed by atoms with van der Waals surface area (Å²) in [5.74, 6) is 0.268. The van der Waals surface area contributed by atoms with Gasteiger partial charge in [-0.1, -0.05) is 87.5 Å². The van der Waals surface area contributed by atoms with Crippen molar-refractivity contribution >= 4 is 24.7 Å². The lowest BCUT2D eigenvalue weighted by Crippen LogP contribution is -2.67. The molecule has 0 unspecified atom stereocenters. The van der Waals surface area contributed by atoms with Gasteiger partial charge in [-0.2, -0.15) is 0 Å². The van der Waals surface area contributed by atoms with Crippen molar-refractivity contribution in [1.82, 2.24) is 0 Å². The highest BCUT2D eigenvalue weighted by molar-refractivity contribution is 6.99. The summed E-state index contributed by atoms with van der Waals surface area (Å²) in [7, 11) is -1.20. The largest absolute Gasteiger partial charge is 0.497 e. The number of benzene rings is 3. The zero-order valence-corrected chi connectivity index (χ0v) is 25.2. The first-order valence-corrected chi connectivity index (χ1v) is 15.6. The molecule has 6 heteroatoms. The summed E-state index contributed by atoms with van der Waals surface area (Å²) < 4.78 is 24.9. The zero-order chi connectivity index (χ0) is 28.8. The topological polar surface area (TPSA) is 54.0 Å². The van der Waals surface area contributed by atoms with Crippen LogP contribution in [-0.4, -0.2) is 46.8 Å². The van der Waals surface area contributed by atoms with Gasteiger partial charge >= 0.3 is 5.97 Å². The number of ether oxygens (including phenoxy) is 3. The number of hydrogen-bond acceptors (Lipinski definition) is 5. The molecule has 40 heavy (non-hydrogen) atoms. The first kappa shape index (κ1) is 29.5. The molecular formula is C34H40O5Si. The smallest absolute Gasteiger partial charge is 0.338 e. The van der Waals surface area contributed by atoms with E-state index in [2.05, 4.69) is 75.9 Å². The van der Waals surface area contributed by atoms with Crippen LogP contribution in [0.25, 0.3) is 0 Å². The number of allylic oxidation sites excluding steroid dienone is 1. The second-order valence-electron chi connectivity index (χ2n) is 11.2. The molecule has 1 heterocycles. The summed E-state index contributed by atoms with van der Waals surface area (Å²) in [6.45, 7) is 13.4. The van der Waals surface area contributed by atoms with Crippen LogP contribution in [0.3, 0.4) is 0 Å². The molecule has 3 aromatic carbocycles. The molecule has 0 N–H and O–H groups in total. The van der Waals surface area contributed by atoms with Gasteiger partial charge in [-0.05, 0) is 64.2 Å². The summed E-state index contributed by atoms with van der Waals surface area (Å²) in [5.41, 5.74) is 2.52. The minimum absolute atomic E-state index is 0.182. The van der Waals surface area contributed by atoms with Crippen molar-refractivity contribution in [3.63, 3.8) is 0 Å². The normalized spacial score (nSPS) is 17.8. The van der Waals surface area contributed by atoms with Crippen LogP contribution >= 0.6 is 0 Å². The SMILES string of the molecule is C=CCC1=C(C)[C@H](OC(=O)c2ccc(OC)cc2)[C@@H](CO[Si](c2ccccc2)(c2ccccc2)C(C)(C)C)OC1. The van der Waals surface area contributed by atoms with Gasteiger partial charge in [0.05, 0.1) is 25.9 Å². The Morgan fingerprint density at radius 1 is 0.975 bits per heavy atom. The Kier molecular flexibility index (Phi) is 9.46. The minimum Gasteiger partial charge on any atom is -0.497 e. The van der Waals surface area contributed by atoms with Crippen molar-refractivity contribution in [2.75, 3.05) is 20.3 Å². The molecule has 0 amide bonds. The maximum Gasteiger partial charge on any atom is 0.338 e. The summed E-state index contributed by atoms with van der Waals surface area (Å²) in [6, 6.07) is 27.9. The quantitative estimate of drug-likeness (QED) is 0.172. The fourth-order valence-electron chi connectivity index (χ4n) is 5.46. The Balaban J connectivity index is 1.69. The number of carbonyl (C=O) groups is 1. The highest BCUT2D eigenvalue weighted by Gasteiger charge is 2.51. The third-order valence-electron chi connectivity index (χ3n) is 7.63. The van der Waals surface area contributed by atoms with Crippen molar-refractivity contribution in [2.45, 2.75) is 51.4 Å². The van der Waals surface area contributed by atoms with Crippen LogP contribution < -0.4 is 15.1 Å². The lowest BCUT2D eigenvalue weighted by molar-refractivity contribution is -0.0621. The van der Waals surface area contributed by atoms with E-state index in [0.29, 0.717) is 24.3 Å². The molecule has 0 bridgehead atoms. The van der Waals surface area contributed by atoms with Crippen LogP contribution in [0, 0.1) is 0 Å². The maximum absolute atomic E-state index is 13.3. The number of hydrogen-bond donors (Lipinski definition) is 0. The van der Waals surface area contributed by atoms with Crippen molar-refractivity contribution in [1.29, 1.82) is 0 Å². The van der Waals surface area contributed by atoms with Crippen molar-refractivity contribution < 1.29 is 23.4 Å². The van der Waals surface area contributed by atoms with E-state index in [1.165, 1.54) is 10.4 Å². The molecule has 0 spiro atoms. The molecule has 0 radical (unpaired) electrons. The molecule has 3 aromatic rings. The molecule has 0 aromatic heterocycles. The standard InChI is InChI=1S/C34H40O5Si/c1-7-14-27-23-37-31(32(25(27)2)39-33(35)26-19-21-28(36-6)22-20-26)24-38-40(34(3,4)5,29-15-10-8-11-16-29)30-17-12-9-13-18-30/h7-13,15-22,31-32H,1,14,23-24H2,2-6H3/t31-,32+/m1/s1. The molecule has 0 saturated heterocycles. The minimum atomic E-state index is -2.80. The predicted molar refractivity (Wildman–Crippen MR) is 163 cm³/mol. The number of esters is 1. The highest BCUT2D eigenvalue weighted by Crippen LogP contribution is 2.37. The van der Waals surface area contributed by atoms with Crippen LogP contribution in [0.5, 0.6) is 5.75 Å². The zero-order valence-electron chi connectivity index (χ0n) is 24.2. The Labute approximate surface area is 239 Å². The van der Waals surface area contributed by atoms with Gasteiger partial charge < -0.3 is 18.6 Å². The number of carbonyl (C=O) groups excluding carboxylic acids is 1. The first-order chi connectivity index (χ1) is 19.2. The van der Waals surface area contributed by atoms with Gasteiger partial charge in [0.15, 0.2) is 6.10 Å². The summed E-state index contributed by atoms with van der Waals surface area (Å²) in [4.78, 5) is 13.3. The Bertz CT molecular complexity index is 1270. The first-order valence-electron chi connectivity index (χ1n) is 13.7. The fourth-order valence-corrected chi connectivity index (χ4v) is 10.0. The summed E-state index contributed by atoms with van der Waals surface area (Å²) in [6.07, 6.45) is 1.47. The van der Waals surface area contributed by atoms with E-state index in [-0.39, 0.29) is 11.6 Å². The summed E-state index contributed by atoms with van der Waals surface area (Å²) in [5, 5.41) is 2.20. The van der Waals surface area contributed by atoms with Gasteiger partial charge in [-0.3, -0.25) is 0 Å². The van der Waals surface area contributed by atoms with Gasteiger partial charge in [0.25, 0.3) is 8.32 Å². The molecule has 0 aliphatic carbocycles. The Morgan fingerprint density at radius 3 is 2.05 bits per heavy atom. The van der Waals surface area contributed by atoms with E-state index in [4.69, 9.17) is 18.6 Å². The Hall–Kier alpha value is -3.45. The van der Waals surface area contributed by atoms with E-state index < -0.39 is 26.5 Å². The van der Waals surface area contributed by atoms with Crippen molar-refractivity contribution in [2.24, 2.45) is 0 Å². The van der Waals surface area contributed by atoms with E-state index in [9.17, 15) is 4.79 Å². The third-order valence-corrected chi connectivity index (χ3v) is 12.6. The maximum atomic E-state index is 13.3. The van der Waals surface area contributed by atoms with Crippen molar-refractivity contribution in [3.05, 3.63) is 114 Å². The molecule has 2 atom stereocenters. The van der Waals surface area contributed by atoms with Gasteiger partial charge in [-0.25, -0.2) is 4.79 Å². The molecular weight excluding hydrogens is 516 g/mol. The lowest BCUT2D eigenvalue weighted by atomic mass is 9.95. The predicted octanol–water partition coefficient (Wildman–Crippen LogP) is 6.09. The van der Waals surface area contributed by atoms with Gasteiger partial charge in [0.2, 0.25) is 0 Å². The van der Waals surface area contributed by atoms with Crippen LogP contribution in [0.4, 0.5) is 0 Å². The highest BCUT2D eigenvalue weighted by atomic mass is 28.4. The fraction of sp³-hybridized carbons (Fsp3) is 0.324.